The number of rotatable bonds is 8. The zero-order valence-electron chi connectivity index (χ0n) is 15.7. The predicted molar refractivity (Wildman–Crippen MR) is 109 cm³/mol. The van der Waals surface area contributed by atoms with Gasteiger partial charge in [0.15, 0.2) is 11.2 Å². The highest BCUT2D eigenvalue weighted by Crippen LogP contribution is 2.27. The second-order valence-electron chi connectivity index (χ2n) is 6.39. The minimum atomic E-state index is 0.330. The van der Waals surface area contributed by atoms with E-state index in [-0.39, 0.29) is 0 Å². The molecule has 1 aromatic carbocycles. The number of pyridine rings is 1. The topological polar surface area (TPSA) is 77.8 Å². The van der Waals surface area contributed by atoms with Crippen LogP contribution < -0.4 is 10.1 Å². The van der Waals surface area contributed by atoms with E-state index in [2.05, 4.69) is 31.8 Å². The summed E-state index contributed by atoms with van der Waals surface area (Å²) in [6.07, 6.45) is 5.38. The Morgan fingerprint density at radius 2 is 1.86 bits per heavy atom. The number of nitrogens with zero attached hydrogens (tertiary/aromatic N) is 5. The summed E-state index contributed by atoms with van der Waals surface area (Å²) >= 11 is 0. The Hall–Kier alpha value is -3.48. The largest absolute Gasteiger partial charge is 0.469 e. The average Bonchev–Trinajstić information content (AvgIpc) is 3.09. The Labute approximate surface area is 163 Å². The maximum Gasteiger partial charge on any atom is 0.245 e. The van der Waals surface area contributed by atoms with E-state index in [1.165, 1.54) is 6.33 Å². The number of imidazole rings is 1. The highest BCUT2D eigenvalue weighted by Gasteiger charge is 2.17. The number of para-hydroxylation sites is 1. The molecule has 0 atom stereocenters. The molecule has 0 unspecified atom stereocenters. The Morgan fingerprint density at radius 3 is 2.64 bits per heavy atom. The van der Waals surface area contributed by atoms with Crippen molar-refractivity contribution in [3.05, 3.63) is 66.7 Å². The SMILES string of the molecule is CCCCn1c(Nc2ccccc2)nc2c(OCc3ccccn3)ncnc21. The van der Waals surface area contributed by atoms with Gasteiger partial charge in [-0.05, 0) is 30.7 Å². The van der Waals surface area contributed by atoms with Gasteiger partial charge in [0.2, 0.25) is 11.8 Å². The highest BCUT2D eigenvalue weighted by atomic mass is 16.5. The van der Waals surface area contributed by atoms with E-state index in [0.717, 1.165) is 42.4 Å². The molecule has 142 valence electrons. The molecule has 4 rings (SSSR count). The monoisotopic (exact) mass is 374 g/mol. The van der Waals surface area contributed by atoms with Crippen LogP contribution in [0.5, 0.6) is 5.88 Å². The van der Waals surface area contributed by atoms with E-state index in [1.54, 1.807) is 6.20 Å². The van der Waals surface area contributed by atoms with E-state index >= 15 is 0 Å². The van der Waals surface area contributed by atoms with Crippen molar-refractivity contribution < 1.29 is 4.74 Å². The van der Waals surface area contributed by atoms with E-state index in [4.69, 9.17) is 9.72 Å². The third kappa shape index (κ3) is 3.93. The number of nitrogens with one attached hydrogen (secondary N) is 1. The van der Waals surface area contributed by atoms with E-state index < -0.39 is 0 Å². The second kappa shape index (κ2) is 8.47. The Bertz CT molecular complexity index is 1030. The van der Waals surface area contributed by atoms with Crippen LogP contribution in [-0.4, -0.2) is 24.5 Å². The standard InChI is InChI=1S/C21H22N6O/c1-2-3-13-27-19-18(26-21(27)25-16-9-5-4-6-10-16)20(24-15-23-19)28-14-17-11-7-8-12-22-17/h4-12,15H,2-3,13-14H2,1H3,(H,25,26). The van der Waals surface area contributed by atoms with Crippen molar-refractivity contribution >= 4 is 22.8 Å². The summed E-state index contributed by atoms with van der Waals surface area (Å²) in [5, 5.41) is 3.39. The number of benzene rings is 1. The van der Waals surface area contributed by atoms with Crippen LogP contribution >= 0.6 is 0 Å². The molecule has 0 amide bonds. The van der Waals surface area contributed by atoms with Crippen molar-refractivity contribution in [2.75, 3.05) is 5.32 Å². The molecule has 0 aliphatic heterocycles. The summed E-state index contributed by atoms with van der Waals surface area (Å²) in [6.45, 7) is 3.31. The van der Waals surface area contributed by atoms with Crippen LogP contribution in [0.2, 0.25) is 0 Å². The van der Waals surface area contributed by atoms with Gasteiger partial charge in [-0.3, -0.25) is 9.55 Å². The summed E-state index contributed by atoms with van der Waals surface area (Å²) < 4.78 is 8.00. The molecule has 3 aromatic heterocycles. The molecule has 4 aromatic rings. The van der Waals surface area contributed by atoms with Crippen LogP contribution in [-0.2, 0) is 13.2 Å². The van der Waals surface area contributed by atoms with Crippen LogP contribution in [0.1, 0.15) is 25.5 Å². The molecule has 3 heterocycles. The molecule has 7 nitrogen and oxygen atoms in total. The predicted octanol–water partition coefficient (Wildman–Crippen LogP) is 4.34. The number of hydrogen-bond acceptors (Lipinski definition) is 6. The first-order valence-electron chi connectivity index (χ1n) is 9.41. The fourth-order valence-electron chi connectivity index (χ4n) is 2.92. The molecule has 0 bridgehead atoms. The van der Waals surface area contributed by atoms with Crippen molar-refractivity contribution in [3.8, 4) is 5.88 Å². The van der Waals surface area contributed by atoms with E-state index in [0.29, 0.717) is 18.0 Å². The molecule has 0 radical (unpaired) electrons. The lowest BCUT2D eigenvalue weighted by Crippen LogP contribution is -2.05. The van der Waals surface area contributed by atoms with Gasteiger partial charge in [-0.25, -0.2) is 9.97 Å². The van der Waals surface area contributed by atoms with Gasteiger partial charge in [-0.15, -0.1) is 0 Å². The quantitative estimate of drug-likeness (QED) is 0.494. The summed E-state index contributed by atoms with van der Waals surface area (Å²) in [5.41, 5.74) is 3.22. The summed E-state index contributed by atoms with van der Waals surface area (Å²) in [6, 6.07) is 15.7. The third-order valence-corrected chi connectivity index (χ3v) is 4.35. The maximum atomic E-state index is 5.91. The zero-order chi connectivity index (χ0) is 19.2. The summed E-state index contributed by atoms with van der Waals surface area (Å²) in [4.78, 5) is 17.8. The van der Waals surface area contributed by atoms with Crippen LogP contribution in [0.25, 0.3) is 11.2 Å². The zero-order valence-corrected chi connectivity index (χ0v) is 15.7. The van der Waals surface area contributed by atoms with Gasteiger partial charge in [0.05, 0.1) is 5.69 Å². The second-order valence-corrected chi connectivity index (χ2v) is 6.39. The minimum absolute atomic E-state index is 0.330. The number of anilines is 2. The van der Waals surface area contributed by atoms with Crippen LogP contribution in [0.15, 0.2) is 61.1 Å². The van der Waals surface area contributed by atoms with Crippen molar-refractivity contribution in [1.82, 2.24) is 24.5 Å². The van der Waals surface area contributed by atoms with Crippen LogP contribution in [0, 0.1) is 0 Å². The molecule has 0 fully saturated rings. The van der Waals surface area contributed by atoms with Gasteiger partial charge in [-0.1, -0.05) is 37.6 Å². The fraction of sp³-hybridized carbons (Fsp3) is 0.238. The average molecular weight is 374 g/mol. The lowest BCUT2D eigenvalue weighted by Gasteiger charge is -2.09. The van der Waals surface area contributed by atoms with Crippen molar-refractivity contribution in [1.29, 1.82) is 0 Å². The Kier molecular flexibility index (Phi) is 5.42. The molecule has 1 N–H and O–H groups in total. The summed E-state index contributed by atoms with van der Waals surface area (Å²) in [5.74, 6) is 1.19. The minimum Gasteiger partial charge on any atom is -0.469 e. The smallest absolute Gasteiger partial charge is 0.245 e. The van der Waals surface area contributed by atoms with Gasteiger partial charge < -0.3 is 10.1 Å². The number of hydrogen-bond donors (Lipinski definition) is 1. The van der Waals surface area contributed by atoms with Crippen LogP contribution in [0.3, 0.4) is 0 Å². The first-order valence-corrected chi connectivity index (χ1v) is 9.41. The molecular formula is C21H22N6O. The molecule has 0 aliphatic rings. The van der Waals surface area contributed by atoms with E-state index in [1.807, 2.05) is 48.5 Å². The normalized spacial score (nSPS) is 10.9. The first-order chi connectivity index (χ1) is 13.8. The number of aryl methyl sites for hydroxylation is 1. The molecular weight excluding hydrogens is 352 g/mol. The molecule has 0 saturated heterocycles. The van der Waals surface area contributed by atoms with Crippen molar-refractivity contribution in [3.63, 3.8) is 0 Å². The lowest BCUT2D eigenvalue weighted by molar-refractivity contribution is 0.292. The molecule has 0 spiro atoms. The van der Waals surface area contributed by atoms with Gasteiger partial charge in [-0.2, -0.15) is 4.98 Å². The fourth-order valence-corrected chi connectivity index (χ4v) is 2.92. The van der Waals surface area contributed by atoms with E-state index in [9.17, 15) is 0 Å². The lowest BCUT2D eigenvalue weighted by atomic mass is 10.3. The molecule has 28 heavy (non-hydrogen) atoms. The molecule has 7 heteroatoms. The van der Waals surface area contributed by atoms with Crippen molar-refractivity contribution in [2.45, 2.75) is 32.9 Å². The highest BCUT2D eigenvalue weighted by molar-refractivity contribution is 5.80. The number of aromatic nitrogens is 5. The molecule has 0 aliphatic carbocycles. The third-order valence-electron chi connectivity index (χ3n) is 4.35. The maximum absolute atomic E-state index is 5.91. The van der Waals surface area contributed by atoms with Gasteiger partial charge in [0.1, 0.15) is 12.9 Å². The number of fused-ring (bicyclic) bond motifs is 1. The Balaban J connectivity index is 1.68. The number of ether oxygens (including phenoxy) is 1. The Morgan fingerprint density at radius 1 is 1.00 bits per heavy atom. The summed E-state index contributed by atoms with van der Waals surface area (Å²) in [7, 11) is 0. The number of unbranched alkanes of at least 4 members (excludes halogenated alkanes) is 1. The molecule has 0 saturated carbocycles. The van der Waals surface area contributed by atoms with Gasteiger partial charge in [0.25, 0.3) is 0 Å². The first kappa shape index (κ1) is 17.9. The van der Waals surface area contributed by atoms with Crippen molar-refractivity contribution in [2.24, 2.45) is 0 Å². The van der Waals surface area contributed by atoms with Crippen LogP contribution in [0.4, 0.5) is 11.6 Å². The van der Waals surface area contributed by atoms with Gasteiger partial charge >= 0.3 is 0 Å². The van der Waals surface area contributed by atoms with Gasteiger partial charge in [0, 0.05) is 18.4 Å².